The van der Waals surface area contributed by atoms with Crippen LogP contribution in [0, 0.1) is 11.8 Å². The third kappa shape index (κ3) is 3.95. The Morgan fingerprint density at radius 2 is 2.15 bits per heavy atom. The van der Waals surface area contributed by atoms with Crippen molar-refractivity contribution in [3.63, 3.8) is 0 Å². The predicted molar refractivity (Wildman–Crippen MR) is 58.8 cm³/mol. The van der Waals surface area contributed by atoms with Gasteiger partial charge in [-0.1, -0.05) is 32.3 Å². The average molecular weight is 181 g/mol. The van der Waals surface area contributed by atoms with Crippen molar-refractivity contribution < 1.29 is 0 Å². The van der Waals surface area contributed by atoms with E-state index in [1.165, 1.54) is 32.2 Å². The molecule has 0 bridgehead atoms. The van der Waals surface area contributed by atoms with E-state index in [2.05, 4.69) is 18.8 Å². The highest BCUT2D eigenvalue weighted by Gasteiger charge is 2.20. The van der Waals surface area contributed by atoms with E-state index in [-0.39, 0.29) is 0 Å². The quantitative estimate of drug-likeness (QED) is 0.508. The van der Waals surface area contributed by atoms with Crippen LogP contribution in [-0.2, 0) is 0 Å². The molecule has 1 rings (SSSR count). The zero-order chi connectivity index (χ0) is 9.52. The van der Waals surface area contributed by atoms with E-state index in [0.717, 1.165) is 24.8 Å². The van der Waals surface area contributed by atoms with Crippen LogP contribution < -0.4 is 5.32 Å². The summed E-state index contributed by atoms with van der Waals surface area (Å²) in [6.07, 6.45) is 8.84. The first-order valence-electron chi connectivity index (χ1n) is 5.66. The van der Waals surface area contributed by atoms with Gasteiger partial charge < -0.3 is 5.32 Å². The van der Waals surface area contributed by atoms with Gasteiger partial charge in [0.2, 0.25) is 0 Å². The zero-order valence-electron chi connectivity index (χ0n) is 8.89. The van der Waals surface area contributed by atoms with Gasteiger partial charge in [-0.15, -0.1) is 6.58 Å². The topological polar surface area (TPSA) is 12.0 Å². The van der Waals surface area contributed by atoms with Crippen molar-refractivity contribution in [2.75, 3.05) is 13.1 Å². The average Bonchev–Trinajstić information content (AvgIpc) is 2.15. The summed E-state index contributed by atoms with van der Waals surface area (Å²) in [4.78, 5) is 0. The lowest BCUT2D eigenvalue weighted by Gasteiger charge is -2.28. The van der Waals surface area contributed by atoms with E-state index in [0.29, 0.717) is 0 Å². The molecule has 0 saturated heterocycles. The Balaban J connectivity index is 2.08. The molecule has 1 aliphatic rings. The fourth-order valence-corrected chi connectivity index (χ4v) is 2.19. The van der Waals surface area contributed by atoms with E-state index in [1.54, 1.807) is 0 Å². The van der Waals surface area contributed by atoms with Gasteiger partial charge >= 0.3 is 0 Å². The summed E-state index contributed by atoms with van der Waals surface area (Å²) in [6.45, 7) is 8.44. The normalized spacial score (nSPS) is 28.7. The molecule has 1 aliphatic carbocycles. The fourth-order valence-electron chi connectivity index (χ4n) is 2.19. The standard InChI is InChI=1S/C12H23N/c1-3-4-9-13-10-12-8-6-5-7-11(12)2/h3,11-13H,1,4-10H2,2H3. The molecule has 0 aliphatic heterocycles. The molecule has 0 heterocycles. The lowest BCUT2D eigenvalue weighted by molar-refractivity contribution is 0.249. The van der Waals surface area contributed by atoms with Crippen molar-refractivity contribution in [3.8, 4) is 0 Å². The van der Waals surface area contributed by atoms with Gasteiger partial charge in [0.05, 0.1) is 0 Å². The van der Waals surface area contributed by atoms with Gasteiger partial charge in [-0.3, -0.25) is 0 Å². The van der Waals surface area contributed by atoms with Crippen molar-refractivity contribution in [2.24, 2.45) is 11.8 Å². The maximum atomic E-state index is 3.72. The largest absolute Gasteiger partial charge is 0.316 e. The summed E-state index contributed by atoms with van der Waals surface area (Å²) in [5, 5.41) is 3.52. The molecule has 1 nitrogen and oxygen atoms in total. The van der Waals surface area contributed by atoms with E-state index in [4.69, 9.17) is 0 Å². The molecule has 1 fully saturated rings. The monoisotopic (exact) mass is 181 g/mol. The first-order chi connectivity index (χ1) is 6.34. The molecule has 13 heavy (non-hydrogen) atoms. The molecule has 1 heteroatoms. The second-order valence-corrected chi connectivity index (χ2v) is 4.30. The molecule has 0 spiro atoms. The Kier molecular flexibility index (Phi) is 5.14. The van der Waals surface area contributed by atoms with E-state index < -0.39 is 0 Å². The van der Waals surface area contributed by atoms with Crippen LogP contribution in [-0.4, -0.2) is 13.1 Å². The highest BCUT2D eigenvalue weighted by molar-refractivity contribution is 4.75. The first-order valence-corrected chi connectivity index (χ1v) is 5.66. The Morgan fingerprint density at radius 1 is 1.38 bits per heavy atom. The van der Waals surface area contributed by atoms with Crippen LogP contribution >= 0.6 is 0 Å². The molecule has 0 aromatic carbocycles. The Labute approximate surface area is 82.6 Å². The molecular weight excluding hydrogens is 158 g/mol. The molecule has 76 valence electrons. The van der Waals surface area contributed by atoms with E-state index in [1.807, 2.05) is 6.08 Å². The van der Waals surface area contributed by atoms with Crippen LogP contribution in [0.1, 0.15) is 39.0 Å². The van der Waals surface area contributed by atoms with Crippen LogP contribution in [0.25, 0.3) is 0 Å². The van der Waals surface area contributed by atoms with Gasteiger partial charge in [0.25, 0.3) is 0 Å². The first kappa shape index (κ1) is 10.8. The second kappa shape index (κ2) is 6.20. The SMILES string of the molecule is C=CCCNCC1CCCCC1C. The number of rotatable bonds is 5. The van der Waals surface area contributed by atoms with Crippen molar-refractivity contribution >= 4 is 0 Å². The van der Waals surface area contributed by atoms with Crippen LogP contribution in [0.5, 0.6) is 0 Å². The van der Waals surface area contributed by atoms with E-state index in [9.17, 15) is 0 Å². The van der Waals surface area contributed by atoms with Crippen LogP contribution in [0.15, 0.2) is 12.7 Å². The fraction of sp³-hybridized carbons (Fsp3) is 0.833. The maximum Gasteiger partial charge on any atom is -0.00143 e. The molecule has 1 saturated carbocycles. The highest BCUT2D eigenvalue weighted by atomic mass is 14.9. The van der Waals surface area contributed by atoms with Crippen LogP contribution in [0.2, 0.25) is 0 Å². The summed E-state index contributed by atoms with van der Waals surface area (Å²) in [5.74, 6) is 1.86. The minimum Gasteiger partial charge on any atom is -0.316 e. The molecule has 0 aromatic rings. The van der Waals surface area contributed by atoms with Gasteiger partial charge in [0.15, 0.2) is 0 Å². The molecular formula is C12H23N. The van der Waals surface area contributed by atoms with Gasteiger partial charge in [0.1, 0.15) is 0 Å². The molecule has 0 amide bonds. The highest BCUT2D eigenvalue weighted by Crippen LogP contribution is 2.28. The third-order valence-corrected chi connectivity index (χ3v) is 3.22. The second-order valence-electron chi connectivity index (χ2n) is 4.30. The Bertz CT molecular complexity index is 142. The third-order valence-electron chi connectivity index (χ3n) is 3.22. The minimum atomic E-state index is 0.929. The lowest BCUT2D eigenvalue weighted by Crippen LogP contribution is -2.29. The Hall–Kier alpha value is -0.300. The number of hydrogen-bond donors (Lipinski definition) is 1. The maximum absolute atomic E-state index is 3.72. The molecule has 0 aromatic heterocycles. The zero-order valence-corrected chi connectivity index (χ0v) is 8.89. The van der Waals surface area contributed by atoms with Crippen molar-refractivity contribution in [1.82, 2.24) is 5.32 Å². The summed E-state index contributed by atoms with van der Waals surface area (Å²) in [6, 6.07) is 0. The summed E-state index contributed by atoms with van der Waals surface area (Å²) < 4.78 is 0. The minimum absolute atomic E-state index is 0.929. The van der Waals surface area contributed by atoms with Crippen molar-refractivity contribution in [2.45, 2.75) is 39.0 Å². The summed E-state index contributed by atoms with van der Waals surface area (Å²) >= 11 is 0. The van der Waals surface area contributed by atoms with E-state index >= 15 is 0 Å². The Morgan fingerprint density at radius 3 is 2.85 bits per heavy atom. The van der Waals surface area contributed by atoms with Crippen LogP contribution in [0.4, 0.5) is 0 Å². The number of nitrogens with one attached hydrogen (secondary N) is 1. The van der Waals surface area contributed by atoms with Crippen molar-refractivity contribution in [1.29, 1.82) is 0 Å². The molecule has 0 radical (unpaired) electrons. The summed E-state index contributed by atoms with van der Waals surface area (Å²) in [5.41, 5.74) is 0. The molecule has 1 N–H and O–H groups in total. The van der Waals surface area contributed by atoms with Gasteiger partial charge in [-0.05, 0) is 37.8 Å². The molecule has 2 unspecified atom stereocenters. The van der Waals surface area contributed by atoms with Gasteiger partial charge in [-0.2, -0.15) is 0 Å². The number of hydrogen-bond acceptors (Lipinski definition) is 1. The van der Waals surface area contributed by atoms with Gasteiger partial charge in [0, 0.05) is 0 Å². The molecule has 2 atom stereocenters. The van der Waals surface area contributed by atoms with Crippen LogP contribution in [0.3, 0.4) is 0 Å². The van der Waals surface area contributed by atoms with Gasteiger partial charge in [-0.25, -0.2) is 0 Å². The lowest BCUT2D eigenvalue weighted by atomic mass is 9.80. The smallest absolute Gasteiger partial charge is 0.00143 e. The summed E-state index contributed by atoms with van der Waals surface area (Å²) in [7, 11) is 0. The predicted octanol–water partition coefficient (Wildman–Crippen LogP) is 2.98. The van der Waals surface area contributed by atoms with Crippen molar-refractivity contribution in [3.05, 3.63) is 12.7 Å².